The van der Waals surface area contributed by atoms with Crippen molar-refractivity contribution in [3.05, 3.63) is 47.2 Å². The Bertz CT molecular complexity index is 1750. The maximum Gasteiger partial charge on any atom is 0.352 e. The molecule has 44 heavy (non-hydrogen) atoms. The first-order valence-electron chi connectivity index (χ1n) is 15.3. The fraction of sp³-hybridized carbons (Fsp3) is 0.516. The van der Waals surface area contributed by atoms with E-state index < -0.39 is 45.9 Å². The van der Waals surface area contributed by atoms with Crippen LogP contribution in [0.15, 0.2) is 46.5 Å². The van der Waals surface area contributed by atoms with Gasteiger partial charge in [0.05, 0.1) is 41.7 Å². The van der Waals surface area contributed by atoms with Gasteiger partial charge >= 0.3 is 5.97 Å². The van der Waals surface area contributed by atoms with Gasteiger partial charge in [0.15, 0.2) is 6.54 Å². The van der Waals surface area contributed by atoms with Crippen LogP contribution in [-0.2, 0) is 30.8 Å². The van der Waals surface area contributed by atoms with E-state index in [0.29, 0.717) is 29.6 Å². The van der Waals surface area contributed by atoms with E-state index in [-0.39, 0.29) is 23.0 Å². The van der Waals surface area contributed by atoms with Gasteiger partial charge in [0, 0.05) is 17.7 Å². The first kappa shape index (κ1) is 29.2. The summed E-state index contributed by atoms with van der Waals surface area (Å²) in [5, 5.41) is 21.9. The number of anilines is 1. The molecule has 6 heterocycles. The fourth-order valence-electron chi connectivity index (χ4n) is 8.69. The van der Waals surface area contributed by atoms with Crippen molar-refractivity contribution in [2.75, 3.05) is 63.2 Å². The second kappa shape index (κ2) is 9.74. The molecule has 4 fully saturated rings. The van der Waals surface area contributed by atoms with E-state index >= 15 is 0 Å². The zero-order valence-electron chi connectivity index (χ0n) is 25.0. The van der Waals surface area contributed by atoms with Crippen LogP contribution in [0.4, 0.5) is 5.69 Å². The zero-order chi connectivity index (χ0) is 31.3. The van der Waals surface area contributed by atoms with Gasteiger partial charge in [-0.05, 0) is 29.5 Å². The van der Waals surface area contributed by atoms with Gasteiger partial charge in [-0.1, -0.05) is 31.2 Å². The molecule has 4 N–H and O–H groups in total. The first-order valence-corrected chi connectivity index (χ1v) is 16.8. The first-order chi connectivity index (χ1) is 20.8. The number of primary amides is 1. The number of aliphatic hydroxyl groups excluding tert-OH is 1. The predicted molar refractivity (Wildman–Crippen MR) is 160 cm³/mol. The molecule has 2 aromatic carbocycles. The van der Waals surface area contributed by atoms with E-state index in [0.717, 1.165) is 65.7 Å². The minimum Gasteiger partial charge on any atom is -0.477 e. The van der Waals surface area contributed by atoms with Crippen molar-refractivity contribution < 1.29 is 42.0 Å². The van der Waals surface area contributed by atoms with E-state index in [9.17, 15) is 33.0 Å². The maximum absolute atomic E-state index is 14.2. The average Bonchev–Trinajstić information content (AvgIpc) is 3.35. The number of aliphatic carboxylic acids is 1. The fourth-order valence-corrected chi connectivity index (χ4v) is 10.4. The highest BCUT2D eigenvalue weighted by molar-refractivity contribution is 7.93. The normalized spacial score (nSPS) is 32.2. The highest BCUT2D eigenvalue weighted by Gasteiger charge is 2.60. The second-order valence-electron chi connectivity index (χ2n) is 13.5. The molecule has 2 aromatic rings. The van der Waals surface area contributed by atoms with Gasteiger partial charge in [-0.2, -0.15) is 0 Å². The van der Waals surface area contributed by atoms with E-state index in [1.807, 2.05) is 25.1 Å². The van der Waals surface area contributed by atoms with Gasteiger partial charge in [-0.3, -0.25) is 13.9 Å². The van der Waals surface area contributed by atoms with Crippen LogP contribution in [0.3, 0.4) is 0 Å². The topological polar surface area (TPSA) is 158 Å². The molecule has 4 atom stereocenters. The van der Waals surface area contributed by atoms with Crippen LogP contribution in [0.5, 0.6) is 0 Å². The molecule has 13 heteroatoms. The smallest absolute Gasteiger partial charge is 0.352 e. The second-order valence-corrected chi connectivity index (χ2v) is 15.3. The lowest BCUT2D eigenvalue weighted by Gasteiger charge is -2.55. The van der Waals surface area contributed by atoms with E-state index in [4.69, 9.17) is 5.73 Å². The predicted octanol–water partition coefficient (Wildman–Crippen LogP) is 0.233. The summed E-state index contributed by atoms with van der Waals surface area (Å²) in [7, 11) is -4.01. The average molecular weight is 626 g/mol. The summed E-state index contributed by atoms with van der Waals surface area (Å²) in [6.45, 7) is 9.83. The molecule has 2 amide bonds. The van der Waals surface area contributed by atoms with Crippen molar-refractivity contribution in [3.63, 3.8) is 0 Å². The number of nitrogens with zero attached hydrogens (tertiary/aromatic N) is 4. The molecule has 0 saturated carbocycles. The van der Waals surface area contributed by atoms with Crippen LogP contribution >= 0.6 is 0 Å². The number of benzene rings is 2. The number of carbonyl (C=O) groups excluding carboxylic acids is 2. The van der Waals surface area contributed by atoms with Gasteiger partial charge in [0.2, 0.25) is 5.91 Å². The number of piperazine rings is 3. The summed E-state index contributed by atoms with van der Waals surface area (Å²) in [5.41, 5.74) is 7.21. The number of hydrogen-bond acceptors (Lipinski definition) is 6. The summed E-state index contributed by atoms with van der Waals surface area (Å²) in [6, 6.07) is 8.62. The summed E-state index contributed by atoms with van der Waals surface area (Å²) in [4.78, 5) is 38.5. The number of sulfonamides is 1. The Labute approximate surface area is 256 Å². The number of nitrogens with two attached hydrogens (primary N) is 1. The number of rotatable bonds is 9. The van der Waals surface area contributed by atoms with Crippen LogP contribution in [0.25, 0.3) is 10.8 Å². The maximum atomic E-state index is 14.2. The molecule has 0 aliphatic carbocycles. The highest BCUT2D eigenvalue weighted by Crippen LogP contribution is 2.50. The van der Waals surface area contributed by atoms with E-state index in [1.54, 1.807) is 12.1 Å². The van der Waals surface area contributed by atoms with Crippen molar-refractivity contribution in [1.29, 1.82) is 0 Å². The van der Waals surface area contributed by atoms with Gasteiger partial charge in [-0.15, -0.1) is 0 Å². The molecule has 2 bridgehead atoms. The Morgan fingerprint density at radius 2 is 1.73 bits per heavy atom. The van der Waals surface area contributed by atoms with Gasteiger partial charge in [0.1, 0.15) is 45.0 Å². The number of aliphatic hydroxyl groups is 1. The standard InChI is InChI=1S/C31H37N5O7S/c1-18-22(29(31(40)41)34-27(18)25(19(2)37)30(34)39)16-33-28-21(7-6-20-4-3-5-23(26(20)28)44(33,42)43)8-9-35-10-13-36(14-11-35,15-12-35)17-24(32)38/h3-7,18-19,25,27,37H,8-17H2,1-2H3,(H-2,32,38,40,41)/p+2/t18-,19+,25+,27+,35?,36?/m0/s1. The largest absolute Gasteiger partial charge is 0.477 e. The molecular weight excluding hydrogens is 586 g/mol. The lowest BCUT2D eigenvalue weighted by atomic mass is 9.77. The Kier molecular flexibility index (Phi) is 6.46. The number of β-lactam (4-membered cyclic amide) rings is 1. The summed E-state index contributed by atoms with van der Waals surface area (Å²) in [5.74, 6) is -3.17. The molecule has 6 aliphatic heterocycles. The molecule has 0 spiro atoms. The summed E-state index contributed by atoms with van der Waals surface area (Å²) < 4.78 is 31.3. The summed E-state index contributed by atoms with van der Waals surface area (Å²) >= 11 is 0. The summed E-state index contributed by atoms with van der Waals surface area (Å²) in [6.07, 6.45) is -0.309. The lowest BCUT2D eigenvalue weighted by molar-refractivity contribution is -1.08. The minimum absolute atomic E-state index is 0.179. The molecule has 8 rings (SSSR count). The molecular formula is C31H39N5O7S+2. The van der Waals surface area contributed by atoms with Crippen molar-refractivity contribution in [3.8, 4) is 0 Å². The minimum atomic E-state index is -4.01. The van der Waals surface area contributed by atoms with Gasteiger partial charge in [0.25, 0.3) is 15.9 Å². The van der Waals surface area contributed by atoms with Crippen LogP contribution < -0.4 is 10.0 Å². The van der Waals surface area contributed by atoms with Crippen molar-refractivity contribution in [2.45, 2.75) is 37.3 Å². The lowest BCUT2D eigenvalue weighted by Crippen LogP contribution is -2.76. The van der Waals surface area contributed by atoms with Crippen LogP contribution in [0, 0.1) is 11.8 Å². The zero-order valence-corrected chi connectivity index (χ0v) is 25.8. The highest BCUT2D eigenvalue weighted by atomic mass is 32.2. The molecule has 0 aromatic heterocycles. The molecule has 0 radical (unpaired) electrons. The SMILES string of the molecule is C[C@@H](O)[C@H]1C(=O)N2C(C(=O)O)=C(CN3c4c(CC[N+]56CC[N+](CC(N)=O)(CC5)CC6)ccc5cccc(c45)S3(=O)=O)[C@H](C)[C@H]12. The number of carboxylic acids is 1. The number of quaternary nitrogens is 2. The Hall–Kier alpha value is -3.52. The molecule has 6 aliphatic rings. The van der Waals surface area contributed by atoms with Gasteiger partial charge < -0.3 is 29.8 Å². The van der Waals surface area contributed by atoms with Gasteiger partial charge in [-0.25, -0.2) is 13.2 Å². The van der Waals surface area contributed by atoms with Crippen LogP contribution in [0.1, 0.15) is 19.4 Å². The quantitative estimate of drug-likeness (QED) is 0.266. The Morgan fingerprint density at radius 3 is 2.34 bits per heavy atom. The Balaban J connectivity index is 1.24. The monoisotopic (exact) mass is 625 g/mol. The van der Waals surface area contributed by atoms with E-state index in [2.05, 4.69) is 0 Å². The van der Waals surface area contributed by atoms with Crippen molar-refractivity contribution in [1.82, 2.24) is 4.90 Å². The molecule has 0 unspecified atom stereocenters. The molecule has 234 valence electrons. The molecule has 12 nitrogen and oxygen atoms in total. The van der Waals surface area contributed by atoms with Crippen molar-refractivity contribution >= 4 is 44.3 Å². The van der Waals surface area contributed by atoms with Crippen molar-refractivity contribution in [2.24, 2.45) is 17.6 Å². The third-order valence-electron chi connectivity index (χ3n) is 11.2. The third kappa shape index (κ3) is 4.05. The number of carbonyl (C=O) groups is 3. The molecule has 4 saturated heterocycles. The van der Waals surface area contributed by atoms with Crippen LogP contribution in [-0.4, -0.2) is 121 Å². The number of amides is 2. The third-order valence-corrected chi connectivity index (χ3v) is 13.0. The number of hydrogen-bond donors (Lipinski definition) is 3. The Morgan fingerprint density at radius 1 is 1.07 bits per heavy atom. The van der Waals surface area contributed by atoms with Crippen LogP contribution in [0.2, 0.25) is 0 Å². The number of fused-ring (bicyclic) bond motifs is 4. The van der Waals surface area contributed by atoms with E-state index in [1.165, 1.54) is 16.1 Å². The number of carboxylic acid groups (broad SMARTS) is 1.